The summed E-state index contributed by atoms with van der Waals surface area (Å²) in [6.45, 7) is 4.96. The average Bonchev–Trinajstić information content (AvgIpc) is 3.24. The minimum atomic E-state index is 0.175. The van der Waals surface area contributed by atoms with Crippen molar-refractivity contribution in [2.45, 2.75) is 64.6 Å². The lowest BCUT2D eigenvalue weighted by molar-refractivity contribution is -0.121. The van der Waals surface area contributed by atoms with Gasteiger partial charge in [-0.3, -0.25) is 0 Å². The molecule has 0 N–H and O–H groups in total. The molecule has 0 aromatic heterocycles. The van der Waals surface area contributed by atoms with Crippen LogP contribution in [0.1, 0.15) is 51.5 Å². The van der Waals surface area contributed by atoms with E-state index in [-0.39, 0.29) is 6.04 Å². The Morgan fingerprint density at radius 2 is 1.93 bits per heavy atom. The molecule has 1 aromatic rings. The van der Waals surface area contributed by atoms with Crippen LogP contribution in [0.25, 0.3) is 11.4 Å². The van der Waals surface area contributed by atoms with E-state index in [1.54, 1.807) is 13.4 Å². The summed E-state index contributed by atoms with van der Waals surface area (Å²) in [6, 6.07) is 8.76. The Labute approximate surface area is 178 Å². The van der Waals surface area contributed by atoms with Crippen LogP contribution in [0.2, 0.25) is 0 Å². The van der Waals surface area contributed by atoms with Gasteiger partial charge in [0.05, 0.1) is 25.4 Å². The third kappa shape index (κ3) is 3.60. The van der Waals surface area contributed by atoms with Gasteiger partial charge in [-0.05, 0) is 38.8 Å². The van der Waals surface area contributed by atoms with Crippen molar-refractivity contribution >= 4 is 12.1 Å². The Balaban J connectivity index is 1.69. The number of fused-ring (bicyclic) bond motifs is 1. The predicted molar refractivity (Wildman–Crippen MR) is 119 cm³/mol. The molecule has 0 radical (unpaired) electrons. The highest BCUT2D eigenvalue weighted by Gasteiger charge is 2.43. The Hall–Kier alpha value is -2.73. The van der Waals surface area contributed by atoms with Crippen molar-refractivity contribution in [3.8, 4) is 17.1 Å². The van der Waals surface area contributed by atoms with Crippen molar-refractivity contribution in [3.63, 3.8) is 0 Å². The monoisotopic (exact) mass is 407 g/mol. The SMILES string of the molecule is COc1cc([N+](C=O)(C(C)C)C2CCCCC2)ccc1Cn1ccc2ncnc-2c1. The van der Waals surface area contributed by atoms with Gasteiger partial charge >= 0.3 is 6.41 Å². The molecular weight excluding hydrogens is 376 g/mol. The molecule has 4 rings (SSSR count). The number of hydrogen-bond acceptors (Lipinski definition) is 4. The minimum Gasteiger partial charge on any atom is -0.496 e. The average molecular weight is 408 g/mol. The van der Waals surface area contributed by atoms with Gasteiger partial charge in [0.2, 0.25) is 0 Å². The molecule has 1 aromatic carbocycles. The van der Waals surface area contributed by atoms with Gasteiger partial charge in [-0.25, -0.2) is 19.2 Å². The highest BCUT2D eigenvalue weighted by molar-refractivity contribution is 5.72. The van der Waals surface area contributed by atoms with Crippen LogP contribution >= 0.6 is 0 Å². The largest absolute Gasteiger partial charge is 0.496 e. The third-order valence-corrected chi connectivity index (χ3v) is 6.65. The van der Waals surface area contributed by atoms with E-state index >= 15 is 0 Å². The van der Waals surface area contributed by atoms with Crippen molar-refractivity contribution in [2.75, 3.05) is 7.11 Å². The predicted octanol–water partition coefficient (Wildman–Crippen LogP) is 4.64. The number of aromatic nitrogens is 3. The molecule has 1 atom stereocenters. The number of pyridine rings is 1. The summed E-state index contributed by atoms with van der Waals surface area (Å²) in [5, 5.41) is 0. The van der Waals surface area contributed by atoms with Crippen LogP contribution in [-0.4, -0.2) is 40.1 Å². The number of nitrogens with zero attached hydrogens (tertiary/aromatic N) is 4. The second-order valence-corrected chi connectivity index (χ2v) is 8.58. The van der Waals surface area contributed by atoms with Gasteiger partial charge in [-0.1, -0.05) is 6.42 Å². The number of benzene rings is 1. The molecule has 1 amide bonds. The van der Waals surface area contributed by atoms with E-state index in [2.05, 4.69) is 46.6 Å². The Bertz CT molecular complexity index is 977. The van der Waals surface area contributed by atoms with Crippen LogP contribution in [0.5, 0.6) is 5.75 Å². The minimum absolute atomic E-state index is 0.175. The molecule has 1 fully saturated rings. The summed E-state index contributed by atoms with van der Waals surface area (Å²) in [5.41, 5.74) is 3.87. The second-order valence-electron chi connectivity index (χ2n) is 8.58. The first-order valence-electron chi connectivity index (χ1n) is 10.9. The molecule has 1 unspecified atom stereocenters. The van der Waals surface area contributed by atoms with Gasteiger partial charge in [0, 0.05) is 42.9 Å². The van der Waals surface area contributed by atoms with E-state index in [0.29, 0.717) is 17.1 Å². The molecule has 2 heterocycles. The van der Waals surface area contributed by atoms with Crippen molar-refractivity contribution in [1.82, 2.24) is 19.0 Å². The molecule has 30 heavy (non-hydrogen) atoms. The molecule has 0 spiro atoms. The third-order valence-electron chi connectivity index (χ3n) is 6.65. The number of quaternary nitrogens is 1. The molecule has 0 saturated heterocycles. The summed E-state index contributed by atoms with van der Waals surface area (Å²) in [6.07, 6.45) is 12.6. The van der Waals surface area contributed by atoms with E-state index in [0.717, 1.165) is 47.6 Å². The number of amides is 1. The van der Waals surface area contributed by atoms with E-state index in [4.69, 9.17) is 4.74 Å². The fourth-order valence-corrected chi connectivity index (χ4v) is 4.99. The molecule has 0 bridgehead atoms. The molecule has 6 heteroatoms. The zero-order valence-corrected chi connectivity index (χ0v) is 18.1. The van der Waals surface area contributed by atoms with Gasteiger partial charge in [0.25, 0.3) is 0 Å². The number of carbonyl (C=O) groups excluding carboxylic acids is 1. The number of imidazole rings is 1. The standard InChI is InChI=1S/C24H31N4O2/c1-18(2)28(17-29,20-7-5-4-6-8-20)21-10-9-19(24(13-21)30-3)14-27-12-11-22-23(15-27)26-16-25-22/h9-13,15-18,20H,4-8,14H2,1-3H3/q+1. The topological polar surface area (TPSA) is 57.0 Å². The van der Waals surface area contributed by atoms with Crippen LogP contribution in [0.3, 0.4) is 0 Å². The van der Waals surface area contributed by atoms with Crippen molar-refractivity contribution in [2.24, 2.45) is 0 Å². The van der Waals surface area contributed by atoms with Crippen LogP contribution in [0.15, 0.2) is 43.0 Å². The van der Waals surface area contributed by atoms with Gasteiger partial charge < -0.3 is 9.30 Å². The maximum absolute atomic E-state index is 12.6. The summed E-state index contributed by atoms with van der Waals surface area (Å²) >= 11 is 0. The fourth-order valence-electron chi connectivity index (χ4n) is 4.99. The van der Waals surface area contributed by atoms with Crippen LogP contribution in [0, 0.1) is 0 Å². The summed E-state index contributed by atoms with van der Waals surface area (Å²) in [7, 11) is 1.70. The maximum atomic E-state index is 12.6. The van der Waals surface area contributed by atoms with Crippen molar-refractivity contribution in [1.29, 1.82) is 0 Å². The van der Waals surface area contributed by atoms with Crippen LogP contribution in [0.4, 0.5) is 5.69 Å². The highest BCUT2D eigenvalue weighted by atomic mass is 16.5. The maximum Gasteiger partial charge on any atom is 0.307 e. The first-order valence-corrected chi connectivity index (χ1v) is 10.9. The van der Waals surface area contributed by atoms with E-state index in [9.17, 15) is 4.79 Å². The smallest absolute Gasteiger partial charge is 0.307 e. The molecule has 158 valence electrons. The molecule has 6 nitrogen and oxygen atoms in total. The first kappa shape index (κ1) is 20.5. The number of rotatable bonds is 7. The molecule has 1 aliphatic carbocycles. The fraction of sp³-hybridized carbons (Fsp3) is 0.458. The zero-order chi connectivity index (χ0) is 21.1. The van der Waals surface area contributed by atoms with E-state index in [1.807, 2.05) is 18.5 Å². The summed E-state index contributed by atoms with van der Waals surface area (Å²) in [4.78, 5) is 21.1. The Morgan fingerprint density at radius 3 is 2.63 bits per heavy atom. The van der Waals surface area contributed by atoms with Crippen molar-refractivity contribution in [3.05, 3.63) is 48.5 Å². The van der Waals surface area contributed by atoms with Gasteiger partial charge in [-0.2, -0.15) is 0 Å². The van der Waals surface area contributed by atoms with E-state index < -0.39 is 0 Å². The number of methoxy groups -OCH3 is 1. The van der Waals surface area contributed by atoms with Gasteiger partial charge in [0.1, 0.15) is 29.5 Å². The number of hydrogen-bond donors (Lipinski definition) is 0. The van der Waals surface area contributed by atoms with Gasteiger partial charge in [0.15, 0.2) is 0 Å². The lowest BCUT2D eigenvalue weighted by atomic mass is 9.90. The van der Waals surface area contributed by atoms with Crippen LogP contribution < -0.4 is 9.22 Å². The molecule has 2 aliphatic heterocycles. The second kappa shape index (κ2) is 8.56. The summed E-state index contributed by atoms with van der Waals surface area (Å²) < 4.78 is 8.23. The Kier molecular flexibility index (Phi) is 5.86. The van der Waals surface area contributed by atoms with Crippen molar-refractivity contribution < 1.29 is 9.53 Å². The van der Waals surface area contributed by atoms with E-state index in [1.165, 1.54) is 19.3 Å². The quantitative estimate of drug-likeness (QED) is 0.423. The lowest BCUT2D eigenvalue weighted by Crippen LogP contribution is -2.60. The lowest BCUT2D eigenvalue weighted by Gasteiger charge is -2.44. The normalized spacial score (nSPS) is 17.2. The van der Waals surface area contributed by atoms with Crippen LogP contribution in [-0.2, 0) is 11.3 Å². The first-order chi connectivity index (χ1) is 14.6. The number of ether oxygens (including phenoxy) is 1. The molecule has 3 aliphatic rings. The number of carbonyl (C=O) groups is 1. The summed E-state index contributed by atoms with van der Waals surface area (Å²) in [5.74, 6) is 0.814. The molecule has 1 saturated carbocycles. The molecular formula is C24H31N4O2+. The van der Waals surface area contributed by atoms with Gasteiger partial charge in [-0.15, -0.1) is 0 Å². The zero-order valence-electron chi connectivity index (χ0n) is 18.1. The Morgan fingerprint density at radius 1 is 1.17 bits per heavy atom. The highest BCUT2D eigenvalue weighted by Crippen LogP contribution is 2.38.